The van der Waals surface area contributed by atoms with Crippen molar-refractivity contribution in [2.75, 3.05) is 19.6 Å². The second kappa shape index (κ2) is 5.71. The monoisotopic (exact) mass is 281 g/mol. The number of hydrogen-bond donors (Lipinski definition) is 1. The number of likely N-dealkylation sites (tertiary alicyclic amines) is 1. The third-order valence-corrected chi connectivity index (χ3v) is 3.69. The molecular weight excluding hydrogens is 264 g/mol. The Kier molecular flexibility index (Phi) is 4.18. The fourth-order valence-corrected chi connectivity index (χ4v) is 2.34. The number of aliphatic carboxylic acids is 1. The third-order valence-electron chi connectivity index (χ3n) is 3.69. The van der Waals surface area contributed by atoms with Crippen molar-refractivity contribution in [2.24, 2.45) is 5.41 Å². The first-order chi connectivity index (χ1) is 9.40. The van der Waals surface area contributed by atoms with Crippen molar-refractivity contribution in [3.8, 4) is 0 Å². The van der Waals surface area contributed by atoms with Gasteiger partial charge < -0.3 is 5.11 Å². The minimum absolute atomic E-state index is 0.504. The summed E-state index contributed by atoms with van der Waals surface area (Å²) in [6.07, 6.45) is 4.17. The molecule has 2 rings (SSSR count). The van der Waals surface area contributed by atoms with Gasteiger partial charge in [0.25, 0.3) is 0 Å². The van der Waals surface area contributed by atoms with Crippen LogP contribution in [0.25, 0.3) is 6.08 Å². The number of nitrogens with zero attached hydrogens (tertiary/aromatic N) is 1. The Bertz CT molecular complexity index is 545. The van der Waals surface area contributed by atoms with Crippen LogP contribution >= 0.6 is 0 Å². The molecule has 0 amide bonds. The van der Waals surface area contributed by atoms with Crippen LogP contribution in [0.1, 0.15) is 18.9 Å². The zero-order valence-electron chi connectivity index (χ0n) is 11.3. The maximum absolute atomic E-state index is 13.0. The molecule has 3 nitrogen and oxygen atoms in total. The zero-order valence-corrected chi connectivity index (χ0v) is 11.3. The normalized spacial score (nSPS) is 23.6. The van der Waals surface area contributed by atoms with Gasteiger partial charge in [0.2, 0.25) is 0 Å². The standard InChI is InChI=1S/C15H17F2NO2/c1-15(14(19)20)6-8-18(10-15)7-2-3-11-4-5-12(16)13(17)9-11/h2-5,9H,6-8,10H2,1H3,(H,19,20)/b3-2+. The van der Waals surface area contributed by atoms with Crippen LogP contribution in [0.3, 0.4) is 0 Å². The van der Waals surface area contributed by atoms with E-state index in [0.717, 1.165) is 18.7 Å². The molecule has 1 fully saturated rings. The molecule has 0 aliphatic carbocycles. The summed E-state index contributed by atoms with van der Waals surface area (Å²) in [6.45, 7) is 3.58. The van der Waals surface area contributed by atoms with Crippen LogP contribution in [0, 0.1) is 17.0 Å². The smallest absolute Gasteiger partial charge is 0.310 e. The van der Waals surface area contributed by atoms with Crippen molar-refractivity contribution in [1.29, 1.82) is 0 Å². The first-order valence-corrected chi connectivity index (χ1v) is 6.48. The highest BCUT2D eigenvalue weighted by Gasteiger charge is 2.39. The molecule has 1 aromatic carbocycles. The molecular formula is C15H17F2NO2. The summed E-state index contributed by atoms with van der Waals surface area (Å²) in [6, 6.07) is 3.73. The van der Waals surface area contributed by atoms with Gasteiger partial charge in [-0.05, 0) is 37.6 Å². The van der Waals surface area contributed by atoms with Gasteiger partial charge in [-0.25, -0.2) is 8.78 Å². The third kappa shape index (κ3) is 3.22. The van der Waals surface area contributed by atoms with Gasteiger partial charge in [-0.2, -0.15) is 0 Å². The predicted octanol–water partition coefficient (Wildman–Crippen LogP) is 2.77. The molecule has 5 heteroatoms. The van der Waals surface area contributed by atoms with Crippen molar-refractivity contribution in [2.45, 2.75) is 13.3 Å². The molecule has 108 valence electrons. The van der Waals surface area contributed by atoms with Gasteiger partial charge in [0.05, 0.1) is 5.41 Å². The molecule has 0 spiro atoms. The molecule has 1 heterocycles. The van der Waals surface area contributed by atoms with E-state index in [1.807, 2.05) is 11.0 Å². The number of carboxylic acids is 1. The Morgan fingerprint density at radius 2 is 2.20 bits per heavy atom. The quantitative estimate of drug-likeness (QED) is 0.922. The van der Waals surface area contributed by atoms with Crippen LogP contribution in [0.2, 0.25) is 0 Å². The van der Waals surface area contributed by atoms with Gasteiger partial charge in [-0.3, -0.25) is 9.69 Å². The molecule has 1 aliphatic rings. The van der Waals surface area contributed by atoms with Crippen LogP contribution in [-0.4, -0.2) is 35.6 Å². The van der Waals surface area contributed by atoms with E-state index < -0.39 is 23.0 Å². The fourth-order valence-electron chi connectivity index (χ4n) is 2.34. The zero-order chi connectivity index (χ0) is 14.8. The molecule has 1 N–H and O–H groups in total. The van der Waals surface area contributed by atoms with Gasteiger partial charge in [-0.15, -0.1) is 0 Å². The highest BCUT2D eigenvalue weighted by Crippen LogP contribution is 2.29. The Hall–Kier alpha value is -1.75. The molecule has 0 radical (unpaired) electrons. The minimum atomic E-state index is -0.869. The average molecular weight is 281 g/mol. The lowest BCUT2D eigenvalue weighted by Gasteiger charge is -2.18. The molecule has 1 atom stereocenters. The number of carboxylic acid groups (broad SMARTS) is 1. The Labute approximate surface area is 116 Å². The Morgan fingerprint density at radius 3 is 2.80 bits per heavy atom. The van der Waals surface area contributed by atoms with Crippen molar-refractivity contribution in [3.63, 3.8) is 0 Å². The van der Waals surface area contributed by atoms with Gasteiger partial charge in [0.15, 0.2) is 11.6 Å². The Morgan fingerprint density at radius 1 is 1.45 bits per heavy atom. The van der Waals surface area contributed by atoms with Crippen LogP contribution in [-0.2, 0) is 4.79 Å². The topological polar surface area (TPSA) is 40.5 Å². The van der Waals surface area contributed by atoms with Gasteiger partial charge in [0.1, 0.15) is 0 Å². The molecule has 0 aromatic heterocycles. The summed E-state index contributed by atoms with van der Waals surface area (Å²) < 4.78 is 25.8. The van der Waals surface area contributed by atoms with E-state index in [0.29, 0.717) is 25.1 Å². The molecule has 1 unspecified atom stereocenters. The highest BCUT2D eigenvalue weighted by molar-refractivity contribution is 5.74. The second-order valence-corrected chi connectivity index (χ2v) is 5.43. The largest absolute Gasteiger partial charge is 0.481 e. The van der Waals surface area contributed by atoms with Crippen LogP contribution < -0.4 is 0 Å². The highest BCUT2D eigenvalue weighted by atomic mass is 19.2. The van der Waals surface area contributed by atoms with Gasteiger partial charge in [-0.1, -0.05) is 18.2 Å². The SMILES string of the molecule is CC1(C(=O)O)CCN(C/C=C/c2ccc(F)c(F)c2)C1. The lowest BCUT2D eigenvalue weighted by molar-refractivity contribution is -0.147. The van der Waals surface area contributed by atoms with E-state index >= 15 is 0 Å². The number of benzene rings is 1. The maximum atomic E-state index is 13.0. The summed E-state index contributed by atoms with van der Waals surface area (Å²) in [5.74, 6) is -2.50. The summed E-state index contributed by atoms with van der Waals surface area (Å²) >= 11 is 0. The van der Waals surface area contributed by atoms with Gasteiger partial charge >= 0.3 is 5.97 Å². The van der Waals surface area contributed by atoms with E-state index in [-0.39, 0.29) is 0 Å². The van der Waals surface area contributed by atoms with Crippen molar-refractivity contribution in [3.05, 3.63) is 41.5 Å². The minimum Gasteiger partial charge on any atom is -0.481 e. The molecule has 1 aromatic rings. The van der Waals surface area contributed by atoms with E-state index in [9.17, 15) is 13.6 Å². The van der Waals surface area contributed by atoms with Crippen LogP contribution in [0.5, 0.6) is 0 Å². The van der Waals surface area contributed by atoms with Crippen molar-refractivity contribution in [1.82, 2.24) is 4.90 Å². The van der Waals surface area contributed by atoms with Crippen molar-refractivity contribution < 1.29 is 18.7 Å². The van der Waals surface area contributed by atoms with Crippen LogP contribution in [0.15, 0.2) is 24.3 Å². The predicted molar refractivity (Wildman–Crippen MR) is 72.2 cm³/mol. The Balaban J connectivity index is 1.91. The molecule has 20 heavy (non-hydrogen) atoms. The summed E-state index contributed by atoms with van der Waals surface area (Å²) in [7, 11) is 0. The fraction of sp³-hybridized carbons (Fsp3) is 0.400. The summed E-state index contributed by atoms with van der Waals surface area (Å²) in [4.78, 5) is 13.1. The van der Waals surface area contributed by atoms with E-state index in [1.165, 1.54) is 6.07 Å². The van der Waals surface area contributed by atoms with E-state index in [4.69, 9.17) is 5.11 Å². The molecule has 1 saturated heterocycles. The van der Waals surface area contributed by atoms with Crippen molar-refractivity contribution >= 4 is 12.0 Å². The molecule has 0 saturated carbocycles. The molecule has 1 aliphatic heterocycles. The lowest BCUT2D eigenvalue weighted by atomic mass is 9.90. The van der Waals surface area contributed by atoms with E-state index in [1.54, 1.807) is 13.0 Å². The van der Waals surface area contributed by atoms with E-state index in [2.05, 4.69) is 0 Å². The number of halogens is 2. The average Bonchev–Trinajstić information content (AvgIpc) is 2.77. The molecule has 0 bridgehead atoms. The summed E-state index contributed by atoms with van der Waals surface area (Å²) in [5.41, 5.74) is -0.0976. The maximum Gasteiger partial charge on any atom is 0.310 e. The first-order valence-electron chi connectivity index (χ1n) is 6.48. The summed E-state index contributed by atoms with van der Waals surface area (Å²) in [5, 5.41) is 9.13. The van der Waals surface area contributed by atoms with Gasteiger partial charge in [0, 0.05) is 13.1 Å². The lowest BCUT2D eigenvalue weighted by Crippen LogP contribution is -2.31. The first kappa shape index (κ1) is 14.7. The number of carbonyl (C=O) groups is 1. The number of hydrogen-bond acceptors (Lipinski definition) is 2. The second-order valence-electron chi connectivity index (χ2n) is 5.43. The number of rotatable bonds is 4. The van der Waals surface area contributed by atoms with Crippen LogP contribution in [0.4, 0.5) is 8.78 Å².